The quantitative estimate of drug-likeness (QED) is 0.805. The third-order valence-corrected chi connectivity index (χ3v) is 2.39. The smallest absolute Gasteiger partial charge is 0.196 e. The summed E-state index contributed by atoms with van der Waals surface area (Å²) in [5.41, 5.74) is 7.04. The number of rotatable bonds is 2. The Morgan fingerprint density at radius 1 is 1.35 bits per heavy atom. The molecule has 0 unspecified atom stereocenters. The Bertz CT molecular complexity index is 581. The summed E-state index contributed by atoms with van der Waals surface area (Å²) < 4.78 is 13.0. The van der Waals surface area contributed by atoms with Crippen molar-refractivity contribution in [3.8, 4) is 0 Å². The van der Waals surface area contributed by atoms with Gasteiger partial charge in [0, 0.05) is 11.8 Å². The van der Waals surface area contributed by atoms with Crippen molar-refractivity contribution in [1.82, 2.24) is 4.98 Å². The third kappa shape index (κ3) is 2.30. The number of halogens is 1. The second-order valence-corrected chi connectivity index (χ2v) is 3.78. The van der Waals surface area contributed by atoms with Crippen molar-refractivity contribution < 1.29 is 9.18 Å². The van der Waals surface area contributed by atoms with Crippen molar-refractivity contribution in [2.45, 2.75) is 6.92 Å². The average molecular weight is 230 g/mol. The van der Waals surface area contributed by atoms with E-state index in [1.54, 1.807) is 18.3 Å². The number of anilines is 1. The molecule has 2 aromatic rings. The fourth-order valence-electron chi connectivity index (χ4n) is 1.55. The summed E-state index contributed by atoms with van der Waals surface area (Å²) in [7, 11) is 0. The first-order valence-corrected chi connectivity index (χ1v) is 5.10. The summed E-state index contributed by atoms with van der Waals surface area (Å²) in [6.07, 6.45) is 1.58. The molecule has 4 heteroatoms. The number of nitrogens with two attached hydrogens (primary N) is 1. The van der Waals surface area contributed by atoms with E-state index >= 15 is 0 Å². The minimum absolute atomic E-state index is 0.157. The molecular weight excluding hydrogens is 219 g/mol. The molecule has 0 spiro atoms. The lowest BCUT2D eigenvalue weighted by Gasteiger charge is -2.05. The number of aromatic nitrogens is 1. The summed E-state index contributed by atoms with van der Waals surface area (Å²) in [6, 6.07) is 7.16. The predicted molar refractivity (Wildman–Crippen MR) is 63.2 cm³/mol. The number of aryl methyl sites for hydroxylation is 1. The van der Waals surface area contributed by atoms with Gasteiger partial charge in [-0.15, -0.1) is 0 Å². The van der Waals surface area contributed by atoms with Crippen LogP contribution in [0.15, 0.2) is 36.5 Å². The zero-order valence-corrected chi connectivity index (χ0v) is 9.27. The van der Waals surface area contributed by atoms with E-state index in [1.165, 1.54) is 18.2 Å². The third-order valence-electron chi connectivity index (χ3n) is 2.39. The van der Waals surface area contributed by atoms with Crippen LogP contribution in [0.3, 0.4) is 0 Å². The monoisotopic (exact) mass is 230 g/mol. The summed E-state index contributed by atoms with van der Waals surface area (Å²) in [5, 5.41) is 0. The molecule has 17 heavy (non-hydrogen) atoms. The second kappa shape index (κ2) is 4.33. The molecule has 86 valence electrons. The lowest BCUT2D eigenvalue weighted by Crippen LogP contribution is -2.07. The van der Waals surface area contributed by atoms with Crippen LogP contribution in [0.5, 0.6) is 0 Å². The van der Waals surface area contributed by atoms with Gasteiger partial charge in [0.25, 0.3) is 0 Å². The van der Waals surface area contributed by atoms with Crippen molar-refractivity contribution in [3.05, 3.63) is 59.0 Å². The van der Waals surface area contributed by atoms with Gasteiger partial charge in [0.1, 0.15) is 11.6 Å². The lowest BCUT2D eigenvalue weighted by molar-refractivity contribution is 0.103. The highest BCUT2D eigenvalue weighted by atomic mass is 19.1. The Kier molecular flexibility index (Phi) is 2.87. The molecule has 0 bridgehead atoms. The highest BCUT2D eigenvalue weighted by molar-refractivity contribution is 6.11. The Labute approximate surface area is 98.1 Å². The number of hydrogen-bond acceptors (Lipinski definition) is 3. The van der Waals surface area contributed by atoms with Crippen LogP contribution in [0, 0.1) is 12.7 Å². The Hall–Kier alpha value is -2.23. The Balaban J connectivity index is 2.47. The molecule has 3 nitrogen and oxygen atoms in total. The van der Waals surface area contributed by atoms with E-state index in [4.69, 9.17) is 5.73 Å². The Morgan fingerprint density at radius 2 is 2.12 bits per heavy atom. The number of hydrogen-bond donors (Lipinski definition) is 1. The van der Waals surface area contributed by atoms with Crippen molar-refractivity contribution >= 4 is 11.6 Å². The SMILES string of the molecule is Cc1cnc(N)c(C(=O)c2cccc(F)c2)c1. The van der Waals surface area contributed by atoms with Crippen LogP contribution < -0.4 is 5.73 Å². The minimum Gasteiger partial charge on any atom is -0.383 e. The first-order valence-electron chi connectivity index (χ1n) is 5.10. The maximum atomic E-state index is 13.0. The average Bonchev–Trinajstić information content (AvgIpc) is 2.31. The van der Waals surface area contributed by atoms with Crippen molar-refractivity contribution in [1.29, 1.82) is 0 Å². The minimum atomic E-state index is -0.449. The zero-order valence-electron chi connectivity index (χ0n) is 9.27. The largest absolute Gasteiger partial charge is 0.383 e. The highest BCUT2D eigenvalue weighted by Gasteiger charge is 2.13. The summed E-state index contributed by atoms with van der Waals surface area (Å²) in [5.74, 6) is -0.613. The molecule has 0 aliphatic heterocycles. The van der Waals surface area contributed by atoms with Gasteiger partial charge in [0.2, 0.25) is 0 Å². The standard InChI is InChI=1S/C13H11FN2O/c1-8-5-11(13(15)16-7-8)12(17)9-3-2-4-10(14)6-9/h2-7H,1H3,(H2,15,16). The van der Waals surface area contributed by atoms with Gasteiger partial charge >= 0.3 is 0 Å². The zero-order chi connectivity index (χ0) is 12.4. The van der Waals surface area contributed by atoms with Gasteiger partial charge in [-0.25, -0.2) is 9.37 Å². The topological polar surface area (TPSA) is 56.0 Å². The molecule has 1 aromatic carbocycles. The number of pyridine rings is 1. The van der Waals surface area contributed by atoms with E-state index in [2.05, 4.69) is 4.98 Å². The molecule has 0 fully saturated rings. The van der Waals surface area contributed by atoms with Crippen LogP contribution in [-0.2, 0) is 0 Å². The first kappa shape index (κ1) is 11.3. The number of nitrogen functional groups attached to an aromatic ring is 1. The van der Waals surface area contributed by atoms with Crippen LogP contribution in [-0.4, -0.2) is 10.8 Å². The Morgan fingerprint density at radius 3 is 2.82 bits per heavy atom. The van der Waals surface area contributed by atoms with Gasteiger partial charge in [-0.1, -0.05) is 12.1 Å². The predicted octanol–water partition coefficient (Wildman–Crippen LogP) is 2.34. The summed E-state index contributed by atoms with van der Waals surface area (Å²) in [4.78, 5) is 16.0. The van der Waals surface area contributed by atoms with E-state index in [1.807, 2.05) is 6.92 Å². The molecule has 0 amide bonds. The molecule has 1 aromatic heterocycles. The number of nitrogens with zero attached hydrogens (tertiary/aromatic N) is 1. The maximum Gasteiger partial charge on any atom is 0.196 e. The van der Waals surface area contributed by atoms with Crippen LogP contribution in [0.25, 0.3) is 0 Å². The van der Waals surface area contributed by atoms with E-state index in [9.17, 15) is 9.18 Å². The lowest BCUT2D eigenvalue weighted by atomic mass is 10.0. The fraction of sp³-hybridized carbons (Fsp3) is 0.0769. The van der Waals surface area contributed by atoms with Crippen LogP contribution in [0.2, 0.25) is 0 Å². The molecule has 0 aliphatic carbocycles. The van der Waals surface area contributed by atoms with Crippen LogP contribution >= 0.6 is 0 Å². The van der Waals surface area contributed by atoms with Gasteiger partial charge in [-0.2, -0.15) is 0 Å². The molecule has 2 rings (SSSR count). The molecule has 0 atom stereocenters. The molecular formula is C13H11FN2O. The number of carbonyl (C=O) groups is 1. The molecule has 0 saturated heterocycles. The summed E-state index contributed by atoms with van der Waals surface area (Å²) >= 11 is 0. The molecule has 0 radical (unpaired) electrons. The molecule has 1 heterocycles. The maximum absolute atomic E-state index is 13.0. The number of benzene rings is 1. The van der Waals surface area contributed by atoms with E-state index in [-0.39, 0.29) is 17.2 Å². The first-order chi connectivity index (χ1) is 8.08. The van der Waals surface area contributed by atoms with E-state index in [0.717, 1.165) is 5.56 Å². The van der Waals surface area contributed by atoms with E-state index in [0.29, 0.717) is 5.56 Å². The highest BCUT2D eigenvalue weighted by Crippen LogP contribution is 2.16. The molecule has 2 N–H and O–H groups in total. The van der Waals surface area contributed by atoms with Crippen LogP contribution in [0.1, 0.15) is 21.5 Å². The molecule has 0 saturated carbocycles. The van der Waals surface area contributed by atoms with Crippen molar-refractivity contribution in [3.63, 3.8) is 0 Å². The van der Waals surface area contributed by atoms with E-state index < -0.39 is 5.82 Å². The van der Waals surface area contributed by atoms with Crippen molar-refractivity contribution in [2.24, 2.45) is 0 Å². The number of carbonyl (C=O) groups excluding carboxylic acids is 1. The van der Waals surface area contributed by atoms with Gasteiger partial charge in [0.15, 0.2) is 5.78 Å². The normalized spacial score (nSPS) is 10.2. The second-order valence-electron chi connectivity index (χ2n) is 3.78. The number of ketones is 1. The molecule has 0 aliphatic rings. The van der Waals surface area contributed by atoms with Gasteiger partial charge in [0.05, 0.1) is 5.56 Å². The fourth-order valence-corrected chi connectivity index (χ4v) is 1.55. The van der Waals surface area contributed by atoms with Gasteiger partial charge < -0.3 is 5.73 Å². The summed E-state index contributed by atoms with van der Waals surface area (Å²) in [6.45, 7) is 1.81. The van der Waals surface area contributed by atoms with Crippen LogP contribution in [0.4, 0.5) is 10.2 Å². The van der Waals surface area contributed by atoms with Gasteiger partial charge in [-0.3, -0.25) is 4.79 Å². The van der Waals surface area contributed by atoms with Gasteiger partial charge in [-0.05, 0) is 30.7 Å². The van der Waals surface area contributed by atoms with Crippen molar-refractivity contribution in [2.75, 3.05) is 5.73 Å².